The average molecular weight is 1400 g/mol. The van der Waals surface area contributed by atoms with E-state index >= 15 is 0 Å². The van der Waals surface area contributed by atoms with Gasteiger partial charge in [-0.1, -0.05) is 198 Å². The van der Waals surface area contributed by atoms with Crippen molar-refractivity contribution in [3.8, 4) is 0 Å². The molecule has 3 radical (unpaired) electrons. The molecule has 23 heteroatoms. The molecule has 2 aliphatic rings. The Morgan fingerprint density at radius 1 is 0.570 bits per heavy atom. The number of hydrogen-bond acceptors (Lipinski definition) is 10. The van der Waals surface area contributed by atoms with Crippen LogP contribution in [0.25, 0.3) is 19.4 Å². The summed E-state index contributed by atoms with van der Waals surface area (Å²) in [6.45, 7) is 38.1. The Morgan fingerprint density at radius 2 is 0.957 bits per heavy atom. The van der Waals surface area contributed by atoms with Crippen LogP contribution in [0, 0.1) is 26.3 Å². The first-order chi connectivity index (χ1) is 43.0. The quantitative estimate of drug-likeness (QED) is 0.0559. The first kappa shape index (κ1) is 80.6. The van der Waals surface area contributed by atoms with Crippen LogP contribution >= 0.6 is 69.6 Å². The van der Waals surface area contributed by atoms with Crippen LogP contribution in [-0.2, 0) is 19.0 Å². The Labute approximate surface area is 603 Å². The smallest absolute Gasteiger partial charge is 1.00 e. The van der Waals surface area contributed by atoms with Crippen molar-refractivity contribution in [2.45, 2.75) is 58.5 Å². The number of nitrogens with one attached hydrogen (secondary N) is 1. The van der Waals surface area contributed by atoms with E-state index in [4.69, 9.17) is 105 Å². The molecule has 0 bridgehead atoms. The Bertz CT molecular complexity index is 3960. The van der Waals surface area contributed by atoms with Crippen molar-refractivity contribution in [3.63, 3.8) is 0 Å². The fourth-order valence-electron chi connectivity index (χ4n) is 9.61. The summed E-state index contributed by atoms with van der Waals surface area (Å²) in [4.78, 5) is 31.2. The van der Waals surface area contributed by atoms with Gasteiger partial charge in [0, 0.05) is 73.8 Å². The first-order valence-corrected chi connectivity index (χ1v) is 32.1. The van der Waals surface area contributed by atoms with Gasteiger partial charge in [-0.25, -0.2) is 24.2 Å². The molecule has 14 nitrogen and oxygen atoms in total. The molecular formula is C70H69BCl6N8NaO6S. The summed E-state index contributed by atoms with van der Waals surface area (Å²) in [5.74, 6) is -0.383. The van der Waals surface area contributed by atoms with Crippen LogP contribution in [0.1, 0.15) is 98.1 Å². The summed E-state index contributed by atoms with van der Waals surface area (Å²) in [6.07, 6.45) is 0.0337. The van der Waals surface area contributed by atoms with Crippen LogP contribution < -0.4 is 44.7 Å². The number of piperazine rings is 2. The number of aliphatic hydroxyl groups excluding tert-OH is 1. The SMILES string of the molecule is C.Clc1ccc([C@@H]2CNCCN2c2ccc(Cl)cc2Cl)cc1.[B].[C-]#[N+]c1ccc(C(=O)OC)cc1.[C-]#[N+]c1ccc(C(C)N2CCN(c3ccc(Cl)cc3Cl)[C@H](c3ccc(Cl)cc3)C2)cc1.[C-]#[N+]c1ccc(C(C)O)cc1.[C-]#[N+]c1ccc(C(C)OS(C)(=O)=O)cc1.[H-].[Na+]. The molecule has 477 valence electrons. The van der Waals surface area contributed by atoms with E-state index in [9.17, 15) is 13.2 Å². The van der Waals surface area contributed by atoms with Gasteiger partial charge < -0.3 is 26.4 Å². The summed E-state index contributed by atoms with van der Waals surface area (Å²) in [7, 11) is -2.12. The zero-order valence-electron chi connectivity index (χ0n) is 52.3. The fourth-order valence-corrected chi connectivity index (χ4v) is 11.5. The van der Waals surface area contributed by atoms with Crippen molar-refractivity contribution < 1.29 is 58.2 Å². The van der Waals surface area contributed by atoms with Crippen LogP contribution in [-0.4, -0.2) is 85.4 Å². The molecule has 2 saturated heterocycles. The van der Waals surface area contributed by atoms with Crippen LogP contribution in [0.15, 0.2) is 182 Å². The minimum atomic E-state index is -3.45. The standard InChI is InChI=1S/C25H22Cl3N3.C16H15Cl3N2.C10H11NO3S.C9H7NO2.C9H9NO.CH4.B.Na.H/c1-17(18-5-10-22(29-2)11-6-18)30-13-14-31(24-12-9-21(27)15-23(24)28)25(16-30)19-3-7-20(26)8-4-19;17-12-3-1-11(2-4-12)16-10-20-7-8-21(16)15-6-5-13(18)9-14(15)19;1-8(14-15(3,12)13)9-4-6-10(11-2)7-5-9;1-10-8-5-3-7(4-6-8)9(11)12-2;1-7(11)8-3-5-9(10-2)6-4-8;;;;/h3-12,15,17,25H,13-14,16H2,1H3;1-6,9,16,20H,7-8,10H2;4-8H,1,3H3;3-6H,2H3;3-7,11H,1H3;1H4;;;/q;;;;;;;+1;-1/t17?,25-;16-;;;;;;;/m00......./s1. The van der Waals surface area contributed by atoms with E-state index in [-0.39, 0.29) is 70.9 Å². The molecule has 10 rings (SSSR count). The van der Waals surface area contributed by atoms with Gasteiger partial charge in [0.15, 0.2) is 22.7 Å². The maximum absolute atomic E-state index is 10.9. The summed E-state index contributed by atoms with van der Waals surface area (Å²) >= 11 is 37.2. The Morgan fingerprint density at radius 3 is 1.35 bits per heavy atom. The van der Waals surface area contributed by atoms with E-state index in [1.54, 1.807) is 98.8 Å². The van der Waals surface area contributed by atoms with Crippen molar-refractivity contribution in [1.82, 2.24) is 10.2 Å². The number of methoxy groups -OCH3 is 1. The van der Waals surface area contributed by atoms with Crippen LogP contribution in [0.3, 0.4) is 0 Å². The van der Waals surface area contributed by atoms with E-state index in [1.807, 2.05) is 60.7 Å². The number of carbonyl (C=O) groups is 1. The van der Waals surface area contributed by atoms with Crippen LogP contribution in [0.5, 0.6) is 0 Å². The van der Waals surface area contributed by atoms with Gasteiger partial charge in [0.1, 0.15) is 0 Å². The summed E-state index contributed by atoms with van der Waals surface area (Å²) in [5, 5.41) is 16.6. The number of esters is 1. The van der Waals surface area contributed by atoms with Crippen molar-refractivity contribution in [3.05, 3.63) is 291 Å². The molecule has 8 aromatic rings. The maximum Gasteiger partial charge on any atom is 1.00 e. The molecule has 2 heterocycles. The molecule has 0 amide bonds. The van der Waals surface area contributed by atoms with Crippen molar-refractivity contribution in [2.75, 3.05) is 62.4 Å². The van der Waals surface area contributed by atoms with E-state index in [0.29, 0.717) is 48.4 Å². The summed E-state index contributed by atoms with van der Waals surface area (Å²) < 4.78 is 31.0. The third-order valence-electron chi connectivity index (χ3n) is 14.4. The minimum absolute atomic E-state index is 0. The zero-order chi connectivity index (χ0) is 65.5. The number of halogens is 6. The molecule has 0 saturated carbocycles. The second-order valence-electron chi connectivity index (χ2n) is 20.5. The number of aliphatic hydroxyl groups is 1. The minimum Gasteiger partial charge on any atom is -1.00 e. The zero-order valence-corrected chi connectivity index (χ0v) is 58.7. The summed E-state index contributed by atoms with van der Waals surface area (Å²) in [6, 6.07) is 55.7. The monoisotopic (exact) mass is 1390 g/mol. The third-order valence-corrected chi connectivity index (χ3v) is 16.6. The van der Waals surface area contributed by atoms with Crippen molar-refractivity contribution in [1.29, 1.82) is 0 Å². The van der Waals surface area contributed by atoms with Crippen LogP contribution in [0.4, 0.5) is 34.1 Å². The number of carbonyl (C=O) groups excluding carboxylic acids is 1. The van der Waals surface area contributed by atoms with Gasteiger partial charge in [-0.3, -0.25) is 9.08 Å². The molecule has 0 aliphatic carbocycles. The van der Waals surface area contributed by atoms with Gasteiger partial charge in [-0.15, -0.1) is 0 Å². The second kappa shape index (κ2) is 39.9. The average Bonchev–Trinajstić information content (AvgIpc) is 0.796. The number of rotatable bonds is 11. The molecule has 2 fully saturated rings. The number of hydrogen-bond donors (Lipinski definition) is 2. The molecule has 8 aromatic carbocycles. The topological polar surface area (TPSA) is 129 Å². The van der Waals surface area contributed by atoms with Gasteiger partial charge in [-0.2, -0.15) is 8.42 Å². The second-order valence-corrected chi connectivity index (χ2v) is 24.6. The Kier molecular flexibility index (Phi) is 34.6. The Hall–Kier alpha value is -6.62. The van der Waals surface area contributed by atoms with Gasteiger partial charge in [0.25, 0.3) is 10.1 Å². The third kappa shape index (κ3) is 24.9. The maximum atomic E-state index is 10.9. The molecule has 0 aromatic heterocycles. The van der Waals surface area contributed by atoms with E-state index in [2.05, 4.69) is 87.5 Å². The predicted octanol–water partition coefficient (Wildman–Crippen LogP) is 16.6. The predicted molar refractivity (Wildman–Crippen MR) is 380 cm³/mol. The van der Waals surface area contributed by atoms with E-state index in [1.165, 1.54) is 23.8 Å². The molecule has 93 heavy (non-hydrogen) atoms. The van der Waals surface area contributed by atoms with E-state index in [0.717, 1.165) is 78.1 Å². The van der Waals surface area contributed by atoms with Crippen LogP contribution in [0.2, 0.25) is 30.1 Å². The molecule has 0 spiro atoms. The summed E-state index contributed by atoms with van der Waals surface area (Å²) in [5.41, 5.74) is 9.96. The van der Waals surface area contributed by atoms with Crippen molar-refractivity contribution in [2.24, 2.45) is 0 Å². The number of benzene rings is 8. The molecule has 2 N–H and O–H groups in total. The van der Waals surface area contributed by atoms with Gasteiger partial charge in [0.05, 0.1) is 90.9 Å². The van der Waals surface area contributed by atoms with Crippen molar-refractivity contribution >= 4 is 128 Å². The molecular weight excluding hydrogens is 1330 g/mol. The largest absolute Gasteiger partial charge is 1.00 e. The molecule has 3 unspecified atom stereocenters. The number of nitrogens with zero attached hydrogens (tertiary/aromatic N) is 7. The van der Waals surface area contributed by atoms with E-state index < -0.39 is 22.3 Å². The number of ether oxygens (including phenoxy) is 1. The number of anilines is 2. The molecule has 2 aliphatic heterocycles. The first-order valence-electron chi connectivity index (χ1n) is 28.0. The van der Waals surface area contributed by atoms with Gasteiger partial charge >= 0.3 is 35.5 Å². The molecule has 5 atom stereocenters. The Balaban J connectivity index is 0.000000419. The van der Waals surface area contributed by atoms with Gasteiger partial charge in [0.2, 0.25) is 0 Å². The van der Waals surface area contributed by atoms with Gasteiger partial charge in [-0.05, 0) is 109 Å². The fraction of sp³-hybridized carbons (Fsp3) is 0.243. The normalized spacial score (nSPS) is 14.9.